The molecule has 3 unspecified atom stereocenters. The Labute approximate surface area is 126 Å². The van der Waals surface area contributed by atoms with Crippen LogP contribution >= 0.6 is 0 Å². The Morgan fingerprint density at radius 3 is 2.67 bits per heavy atom. The predicted octanol–water partition coefficient (Wildman–Crippen LogP) is 1.50. The molecule has 3 rings (SSSR count). The molecule has 2 saturated heterocycles. The van der Waals surface area contributed by atoms with Crippen molar-refractivity contribution in [1.29, 1.82) is 0 Å². The first-order chi connectivity index (χ1) is 10.1. The number of hydrogen-bond acceptors (Lipinski definition) is 3. The van der Waals surface area contributed by atoms with Crippen molar-refractivity contribution in [2.24, 2.45) is 5.92 Å². The molecule has 0 saturated carbocycles. The van der Waals surface area contributed by atoms with Gasteiger partial charge in [-0.25, -0.2) is 0 Å². The van der Waals surface area contributed by atoms with Crippen LogP contribution < -0.4 is 10.6 Å². The molecule has 0 spiro atoms. The third kappa shape index (κ3) is 3.27. The zero-order valence-corrected chi connectivity index (χ0v) is 12.9. The fourth-order valence-electron chi connectivity index (χ4n) is 3.65. The maximum Gasteiger partial charge on any atom is 0.225 e. The van der Waals surface area contributed by atoms with Gasteiger partial charge in [-0.15, -0.1) is 0 Å². The first kappa shape index (κ1) is 14.5. The van der Waals surface area contributed by atoms with Crippen LogP contribution in [0.2, 0.25) is 0 Å². The molecule has 2 fully saturated rings. The van der Waals surface area contributed by atoms with Crippen molar-refractivity contribution in [2.45, 2.75) is 44.4 Å². The number of nitrogens with one attached hydrogen (secondary N) is 2. The standard InChI is InChI=1S/C17H25N3O/c1-20(2)11-13-6-4-3-5-12(13)10-18-17(21)15-9-14-7-8-16(15)19-14/h3-6,14-16,19H,7-11H2,1-2H3,(H,18,21). The largest absolute Gasteiger partial charge is 0.352 e. The van der Waals surface area contributed by atoms with Gasteiger partial charge >= 0.3 is 0 Å². The fraction of sp³-hybridized carbons (Fsp3) is 0.588. The SMILES string of the molecule is CN(C)Cc1ccccc1CNC(=O)C1CC2CCC1N2. The van der Waals surface area contributed by atoms with E-state index >= 15 is 0 Å². The van der Waals surface area contributed by atoms with Crippen LogP contribution in [0.3, 0.4) is 0 Å². The monoisotopic (exact) mass is 287 g/mol. The molecule has 2 aliphatic heterocycles. The Kier molecular flexibility index (Phi) is 4.27. The number of nitrogens with zero attached hydrogens (tertiary/aromatic N) is 1. The van der Waals surface area contributed by atoms with Crippen molar-refractivity contribution < 1.29 is 4.79 Å². The minimum absolute atomic E-state index is 0.171. The van der Waals surface area contributed by atoms with Crippen molar-refractivity contribution in [3.8, 4) is 0 Å². The Hall–Kier alpha value is -1.39. The fourth-order valence-corrected chi connectivity index (χ4v) is 3.65. The summed E-state index contributed by atoms with van der Waals surface area (Å²) in [6.07, 6.45) is 3.40. The highest BCUT2D eigenvalue weighted by Gasteiger charge is 2.42. The van der Waals surface area contributed by atoms with Crippen molar-refractivity contribution in [3.63, 3.8) is 0 Å². The van der Waals surface area contributed by atoms with Crippen molar-refractivity contribution >= 4 is 5.91 Å². The summed E-state index contributed by atoms with van der Waals surface area (Å²) in [5.41, 5.74) is 2.50. The number of rotatable bonds is 5. The zero-order chi connectivity index (χ0) is 14.8. The van der Waals surface area contributed by atoms with E-state index in [1.54, 1.807) is 0 Å². The van der Waals surface area contributed by atoms with E-state index in [2.05, 4.69) is 47.8 Å². The highest BCUT2D eigenvalue weighted by atomic mass is 16.1. The first-order valence-corrected chi connectivity index (χ1v) is 7.89. The highest BCUT2D eigenvalue weighted by Crippen LogP contribution is 2.33. The quantitative estimate of drug-likeness (QED) is 0.863. The van der Waals surface area contributed by atoms with Gasteiger partial charge in [0.05, 0.1) is 5.92 Å². The zero-order valence-electron chi connectivity index (χ0n) is 12.9. The molecule has 1 amide bonds. The molecule has 2 bridgehead atoms. The smallest absolute Gasteiger partial charge is 0.225 e. The minimum atomic E-state index is 0.171. The normalized spacial score (nSPS) is 27.3. The predicted molar refractivity (Wildman–Crippen MR) is 83.7 cm³/mol. The summed E-state index contributed by atoms with van der Waals surface area (Å²) < 4.78 is 0. The lowest BCUT2D eigenvalue weighted by Gasteiger charge is -2.20. The summed E-state index contributed by atoms with van der Waals surface area (Å²) in [6, 6.07) is 9.33. The van der Waals surface area contributed by atoms with E-state index in [0.717, 1.165) is 19.4 Å². The van der Waals surface area contributed by atoms with Gasteiger partial charge in [-0.1, -0.05) is 24.3 Å². The molecule has 2 aliphatic rings. The lowest BCUT2D eigenvalue weighted by molar-refractivity contribution is -0.125. The second-order valence-electron chi connectivity index (χ2n) is 6.61. The third-order valence-corrected chi connectivity index (χ3v) is 4.69. The summed E-state index contributed by atoms with van der Waals surface area (Å²) in [6.45, 7) is 1.54. The molecule has 1 aromatic rings. The molecule has 0 radical (unpaired) electrons. The van der Waals surface area contributed by atoms with Crippen LogP contribution in [0.25, 0.3) is 0 Å². The van der Waals surface area contributed by atoms with E-state index in [0.29, 0.717) is 18.6 Å². The molecule has 21 heavy (non-hydrogen) atoms. The van der Waals surface area contributed by atoms with E-state index in [4.69, 9.17) is 0 Å². The molecule has 114 valence electrons. The molecule has 0 aromatic heterocycles. The number of amides is 1. The Morgan fingerprint density at radius 2 is 2.05 bits per heavy atom. The summed E-state index contributed by atoms with van der Waals surface area (Å²) in [5.74, 6) is 0.388. The Morgan fingerprint density at radius 1 is 1.29 bits per heavy atom. The molecule has 2 heterocycles. The number of carbonyl (C=O) groups excluding carboxylic acids is 1. The van der Waals surface area contributed by atoms with Gasteiger partial charge in [0.25, 0.3) is 0 Å². The van der Waals surface area contributed by atoms with Gasteiger partial charge in [-0.2, -0.15) is 0 Å². The number of hydrogen-bond donors (Lipinski definition) is 2. The summed E-state index contributed by atoms with van der Waals surface area (Å²) in [5, 5.41) is 6.67. The van der Waals surface area contributed by atoms with Gasteiger partial charge in [0.2, 0.25) is 5.91 Å². The molecular weight excluding hydrogens is 262 g/mol. The second kappa shape index (κ2) is 6.16. The van der Waals surface area contributed by atoms with Crippen LogP contribution in [-0.4, -0.2) is 37.0 Å². The maximum absolute atomic E-state index is 12.4. The highest BCUT2D eigenvalue weighted by molar-refractivity contribution is 5.80. The first-order valence-electron chi connectivity index (χ1n) is 7.89. The Bertz CT molecular complexity index is 515. The van der Waals surface area contributed by atoms with Gasteiger partial charge < -0.3 is 15.5 Å². The molecule has 0 aliphatic carbocycles. The van der Waals surface area contributed by atoms with Gasteiger partial charge in [-0.3, -0.25) is 4.79 Å². The third-order valence-electron chi connectivity index (χ3n) is 4.69. The average molecular weight is 287 g/mol. The molecule has 1 aromatic carbocycles. The van der Waals surface area contributed by atoms with E-state index in [1.165, 1.54) is 17.5 Å². The maximum atomic E-state index is 12.4. The summed E-state index contributed by atoms with van der Waals surface area (Å²) in [4.78, 5) is 14.5. The topological polar surface area (TPSA) is 44.4 Å². The van der Waals surface area contributed by atoms with Crippen molar-refractivity contribution in [3.05, 3.63) is 35.4 Å². The van der Waals surface area contributed by atoms with Gasteiger partial charge in [-0.05, 0) is 44.5 Å². The Balaban J connectivity index is 1.59. The van der Waals surface area contributed by atoms with Gasteiger partial charge in [0, 0.05) is 25.2 Å². The van der Waals surface area contributed by atoms with Gasteiger partial charge in [0.1, 0.15) is 0 Å². The molecular formula is C17H25N3O. The number of carbonyl (C=O) groups is 1. The van der Waals surface area contributed by atoms with Crippen molar-refractivity contribution in [2.75, 3.05) is 14.1 Å². The summed E-state index contributed by atoms with van der Waals surface area (Å²) in [7, 11) is 4.13. The molecule has 4 heteroatoms. The van der Waals surface area contributed by atoms with Crippen LogP contribution in [0, 0.1) is 5.92 Å². The van der Waals surface area contributed by atoms with Crippen LogP contribution in [0.15, 0.2) is 24.3 Å². The molecule has 2 N–H and O–H groups in total. The number of benzene rings is 1. The summed E-state index contributed by atoms with van der Waals surface area (Å²) >= 11 is 0. The average Bonchev–Trinajstić information content (AvgIpc) is 3.08. The lowest BCUT2D eigenvalue weighted by atomic mass is 9.88. The molecule has 3 atom stereocenters. The van der Waals surface area contributed by atoms with E-state index in [-0.39, 0.29) is 11.8 Å². The van der Waals surface area contributed by atoms with Gasteiger partial charge in [0.15, 0.2) is 0 Å². The minimum Gasteiger partial charge on any atom is -0.352 e. The van der Waals surface area contributed by atoms with Crippen LogP contribution in [0.5, 0.6) is 0 Å². The second-order valence-corrected chi connectivity index (χ2v) is 6.61. The van der Waals surface area contributed by atoms with E-state index in [1.807, 2.05) is 6.07 Å². The van der Waals surface area contributed by atoms with Crippen LogP contribution in [0.1, 0.15) is 30.4 Å². The van der Waals surface area contributed by atoms with E-state index < -0.39 is 0 Å². The lowest BCUT2D eigenvalue weighted by Crippen LogP contribution is -2.37. The molecule has 4 nitrogen and oxygen atoms in total. The number of fused-ring (bicyclic) bond motifs is 2. The van der Waals surface area contributed by atoms with Crippen LogP contribution in [0.4, 0.5) is 0 Å². The van der Waals surface area contributed by atoms with E-state index in [9.17, 15) is 4.79 Å². The van der Waals surface area contributed by atoms with Crippen molar-refractivity contribution in [1.82, 2.24) is 15.5 Å². The van der Waals surface area contributed by atoms with Crippen LogP contribution in [-0.2, 0) is 17.9 Å².